The number of amides is 1. The number of aryl methyl sites for hydroxylation is 1. The molecule has 1 amide bonds. The molecule has 1 aromatic rings. The first-order valence-corrected chi connectivity index (χ1v) is 6.37. The number of hydrogen-bond donors (Lipinski definition) is 0. The van der Waals surface area contributed by atoms with E-state index in [-0.39, 0.29) is 5.91 Å². The number of anilines is 1. The quantitative estimate of drug-likeness (QED) is 0.754. The SMILES string of the molecule is CN1C(=O)CCCn2nc(C3=CCOCC3)cc21. The molecule has 0 atom stereocenters. The molecule has 1 aromatic heterocycles. The lowest BCUT2D eigenvalue weighted by Gasteiger charge is -2.13. The van der Waals surface area contributed by atoms with Crippen LogP contribution >= 0.6 is 0 Å². The molecule has 0 N–H and O–H groups in total. The molecule has 0 aromatic carbocycles. The maximum Gasteiger partial charge on any atom is 0.227 e. The molecule has 0 spiro atoms. The van der Waals surface area contributed by atoms with Crippen LogP contribution in [0.15, 0.2) is 12.1 Å². The minimum absolute atomic E-state index is 0.168. The van der Waals surface area contributed by atoms with E-state index in [0.29, 0.717) is 13.0 Å². The number of carbonyl (C=O) groups excluding carboxylic acids is 1. The zero-order valence-corrected chi connectivity index (χ0v) is 10.6. The number of aromatic nitrogens is 2. The van der Waals surface area contributed by atoms with Crippen molar-refractivity contribution in [1.82, 2.24) is 9.78 Å². The fourth-order valence-corrected chi connectivity index (χ4v) is 2.43. The third kappa shape index (κ3) is 1.95. The number of ether oxygens (including phenoxy) is 1. The molecule has 0 saturated heterocycles. The van der Waals surface area contributed by atoms with Gasteiger partial charge in [0.05, 0.1) is 18.9 Å². The van der Waals surface area contributed by atoms with Crippen LogP contribution in [-0.4, -0.2) is 35.9 Å². The van der Waals surface area contributed by atoms with Crippen molar-refractivity contribution in [3.63, 3.8) is 0 Å². The Bertz CT molecular complexity index is 504. The molecule has 0 bridgehead atoms. The first-order chi connectivity index (χ1) is 8.75. The molecule has 2 aliphatic rings. The van der Waals surface area contributed by atoms with Crippen molar-refractivity contribution in [3.8, 4) is 0 Å². The molecule has 96 valence electrons. The molecule has 0 fully saturated rings. The second-order valence-electron chi connectivity index (χ2n) is 4.72. The van der Waals surface area contributed by atoms with Gasteiger partial charge >= 0.3 is 0 Å². The fraction of sp³-hybridized carbons (Fsp3) is 0.538. The van der Waals surface area contributed by atoms with E-state index >= 15 is 0 Å². The number of nitrogens with zero attached hydrogens (tertiary/aromatic N) is 3. The van der Waals surface area contributed by atoms with Crippen LogP contribution in [0.2, 0.25) is 0 Å². The minimum atomic E-state index is 0.168. The average molecular weight is 247 g/mol. The van der Waals surface area contributed by atoms with Gasteiger partial charge in [0.25, 0.3) is 0 Å². The summed E-state index contributed by atoms with van der Waals surface area (Å²) in [5, 5.41) is 4.62. The maximum absolute atomic E-state index is 11.8. The van der Waals surface area contributed by atoms with Crippen LogP contribution in [0.4, 0.5) is 5.82 Å². The Hall–Kier alpha value is -1.62. The van der Waals surface area contributed by atoms with Crippen molar-refractivity contribution < 1.29 is 9.53 Å². The summed E-state index contributed by atoms with van der Waals surface area (Å²) in [7, 11) is 1.82. The highest BCUT2D eigenvalue weighted by molar-refractivity contribution is 5.92. The number of rotatable bonds is 1. The number of hydrogen-bond acceptors (Lipinski definition) is 3. The summed E-state index contributed by atoms with van der Waals surface area (Å²) in [4.78, 5) is 13.5. The van der Waals surface area contributed by atoms with Crippen LogP contribution in [0, 0.1) is 0 Å². The first kappa shape index (κ1) is 11.5. The van der Waals surface area contributed by atoms with Gasteiger partial charge in [0.15, 0.2) is 0 Å². The molecule has 5 heteroatoms. The van der Waals surface area contributed by atoms with Gasteiger partial charge < -0.3 is 9.64 Å². The fourth-order valence-electron chi connectivity index (χ4n) is 2.43. The Morgan fingerprint density at radius 1 is 1.39 bits per heavy atom. The molecular weight excluding hydrogens is 230 g/mol. The zero-order chi connectivity index (χ0) is 12.5. The molecule has 3 rings (SSSR count). The number of fused-ring (bicyclic) bond motifs is 1. The van der Waals surface area contributed by atoms with E-state index in [2.05, 4.69) is 11.2 Å². The molecule has 0 saturated carbocycles. The van der Waals surface area contributed by atoms with Crippen LogP contribution in [-0.2, 0) is 16.1 Å². The van der Waals surface area contributed by atoms with Crippen LogP contribution in [0.25, 0.3) is 5.57 Å². The first-order valence-electron chi connectivity index (χ1n) is 6.37. The maximum atomic E-state index is 11.8. The molecule has 0 aliphatic carbocycles. The molecule has 0 unspecified atom stereocenters. The van der Waals surface area contributed by atoms with E-state index in [1.54, 1.807) is 4.90 Å². The molecule has 5 nitrogen and oxygen atoms in total. The lowest BCUT2D eigenvalue weighted by Crippen LogP contribution is -2.25. The van der Waals surface area contributed by atoms with Crippen LogP contribution in [0.3, 0.4) is 0 Å². The summed E-state index contributed by atoms with van der Waals surface area (Å²) in [6.45, 7) is 2.23. The molecule has 2 aliphatic heterocycles. The van der Waals surface area contributed by atoms with Gasteiger partial charge in [-0.15, -0.1) is 0 Å². The monoisotopic (exact) mass is 247 g/mol. The third-order valence-electron chi connectivity index (χ3n) is 3.53. The van der Waals surface area contributed by atoms with Gasteiger partial charge in [0.2, 0.25) is 5.91 Å². The molecule has 0 radical (unpaired) electrons. The van der Waals surface area contributed by atoms with E-state index in [0.717, 1.165) is 37.5 Å². The summed E-state index contributed by atoms with van der Waals surface area (Å²) >= 11 is 0. The predicted octanol–water partition coefficient (Wildman–Crippen LogP) is 1.44. The Balaban J connectivity index is 1.96. The predicted molar refractivity (Wildman–Crippen MR) is 68.3 cm³/mol. The molecule has 18 heavy (non-hydrogen) atoms. The highest BCUT2D eigenvalue weighted by Crippen LogP contribution is 2.26. The Labute approximate surface area is 106 Å². The van der Waals surface area contributed by atoms with Gasteiger partial charge in [-0.05, 0) is 18.4 Å². The summed E-state index contributed by atoms with van der Waals surface area (Å²) in [6.07, 6.45) is 4.44. The number of carbonyl (C=O) groups is 1. The Morgan fingerprint density at radius 3 is 3.06 bits per heavy atom. The summed E-state index contributed by atoms with van der Waals surface area (Å²) < 4.78 is 7.25. The highest BCUT2D eigenvalue weighted by Gasteiger charge is 2.22. The zero-order valence-electron chi connectivity index (χ0n) is 10.6. The summed E-state index contributed by atoms with van der Waals surface area (Å²) in [6, 6.07) is 2.01. The Kier molecular flexibility index (Phi) is 2.91. The third-order valence-corrected chi connectivity index (χ3v) is 3.53. The van der Waals surface area contributed by atoms with E-state index in [9.17, 15) is 4.79 Å². The van der Waals surface area contributed by atoms with Gasteiger partial charge in [-0.3, -0.25) is 4.79 Å². The largest absolute Gasteiger partial charge is 0.377 e. The van der Waals surface area contributed by atoms with Gasteiger partial charge in [-0.25, -0.2) is 4.68 Å². The second-order valence-corrected chi connectivity index (χ2v) is 4.72. The van der Waals surface area contributed by atoms with Crippen LogP contribution in [0.5, 0.6) is 0 Å². The normalized spacial score (nSPS) is 20.4. The van der Waals surface area contributed by atoms with Crippen molar-refractivity contribution in [1.29, 1.82) is 0 Å². The van der Waals surface area contributed by atoms with Crippen LogP contribution < -0.4 is 4.90 Å². The van der Waals surface area contributed by atoms with Crippen LogP contribution in [0.1, 0.15) is 25.0 Å². The average Bonchev–Trinajstić information content (AvgIpc) is 2.78. The summed E-state index contributed by atoms with van der Waals surface area (Å²) in [5.41, 5.74) is 2.21. The molecular formula is C13H17N3O2. The lowest BCUT2D eigenvalue weighted by atomic mass is 10.1. The second kappa shape index (κ2) is 4.57. The highest BCUT2D eigenvalue weighted by atomic mass is 16.5. The van der Waals surface area contributed by atoms with Crippen molar-refractivity contribution in [3.05, 3.63) is 17.8 Å². The van der Waals surface area contributed by atoms with Gasteiger partial charge in [-0.2, -0.15) is 5.10 Å². The topological polar surface area (TPSA) is 47.4 Å². The van der Waals surface area contributed by atoms with Gasteiger partial charge in [-0.1, -0.05) is 6.08 Å². The van der Waals surface area contributed by atoms with E-state index in [1.165, 1.54) is 5.57 Å². The van der Waals surface area contributed by atoms with Crippen molar-refractivity contribution in [2.45, 2.75) is 25.8 Å². The van der Waals surface area contributed by atoms with Crippen molar-refractivity contribution in [2.24, 2.45) is 0 Å². The lowest BCUT2D eigenvalue weighted by molar-refractivity contribution is -0.118. The van der Waals surface area contributed by atoms with Gasteiger partial charge in [0.1, 0.15) is 5.82 Å². The minimum Gasteiger partial charge on any atom is -0.377 e. The smallest absolute Gasteiger partial charge is 0.227 e. The standard InChI is InChI=1S/C13H17N3O2/c1-15-12-9-11(10-4-7-18-8-5-10)14-16(12)6-2-3-13(15)17/h4,9H,2-3,5-8H2,1H3. The van der Waals surface area contributed by atoms with Crippen molar-refractivity contribution >= 4 is 17.3 Å². The van der Waals surface area contributed by atoms with E-state index in [4.69, 9.17) is 4.74 Å². The van der Waals surface area contributed by atoms with E-state index in [1.807, 2.05) is 17.8 Å². The summed E-state index contributed by atoms with van der Waals surface area (Å²) in [5.74, 6) is 1.07. The van der Waals surface area contributed by atoms with E-state index < -0.39 is 0 Å². The van der Waals surface area contributed by atoms with Gasteiger partial charge in [0, 0.05) is 26.1 Å². The molecule has 3 heterocycles. The Morgan fingerprint density at radius 2 is 2.28 bits per heavy atom. The van der Waals surface area contributed by atoms with Crippen molar-refractivity contribution in [2.75, 3.05) is 25.2 Å².